The SMILES string of the molecule is CC(=O)N1CCN(c2ccc(CCc3ccc(CS(=O)(=O)C(C)(C)C)cc3)cc2)CC1. The molecule has 3 rings (SSSR count). The van der Waals surface area contributed by atoms with Gasteiger partial charge in [-0.15, -0.1) is 0 Å². The molecule has 1 fully saturated rings. The van der Waals surface area contributed by atoms with E-state index in [2.05, 4.69) is 29.2 Å². The van der Waals surface area contributed by atoms with Gasteiger partial charge in [0.15, 0.2) is 9.84 Å². The van der Waals surface area contributed by atoms with Crippen LogP contribution in [0.1, 0.15) is 44.4 Å². The van der Waals surface area contributed by atoms with E-state index in [9.17, 15) is 13.2 Å². The van der Waals surface area contributed by atoms with Crippen LogP contribution in [0.3, 0.4) is 0 Å². The zero-order valence-electron chi connectivity index (χ0n) is 19.1. The molecule has 168 valence electrons. The molecule has 2 aromatic rings. The highest BCUT2D eigenvalue weighted by Gasteiger charge is 2.28. The number of aryl methyl sites for hydroxylation is 2. The van der Waals surface area contributed by atoms with Crippen LogP contribution in [0.5, 0.6) is 0 Å². The van der Waals surface area contributed by atoms with Crippen LogP contribution in [-0.2, 0) is 33.2 Å². The van der Waals surface area contributed by atoms with Crippen molar-refractivity contribution in [3.63, 3.8) is 0 Å². The molecule has 0 aromatic heterocycles. The highest BCUT2D eigenvalue weighted by molar-refractivity contribution is 7.91. The molecule has 1 amide bonds. The fourth-order valence-electron chi connectivity index (χ4n) is 3.68. The number of amides is 1. The average molecular weight is 443 g/mol. The lowest BCUT2D eigenvalue weighted by Gasteiger charge is -2.35. The minimum Gasteiger partial charge on any atom is -0.368 e. The molecule has 31 heavy (non-hydrogen) atoms. The number of hydrogen-bond donors (Lipinski definition) is 0. The Morgan fingerprint density at radius 1 is 0.806 bits per heavy atom. The maximum Gasteiger partial charge on any atom is 0.219 e. The molecule has 2 aromatic carbocycles. The highest BCUT2D eigenvalue weighted by atomic mass is 32.2. The third kappa shape index (κ3) is 6.10. The number of carbonyl (C=O) groups is 1. The summed E-state index contributed by atoms with van der Waals surface area (Å²) in [5, 5.41) is 0. The van der Waals surface area contributed by atoms with Gasteiger partial charge >= 0.3 is 0 Å². The number of hydrogen-bond acceptors (Lipinski definition) is 4. The smallest absolute Gasteiger partial charge is 0.219 e. The first-order valence-electron chi connectivity index (χ1n) is 10.9. The van der Waals surface area contributed by atoms with Crippen LogP contribution < -0.4 is 4.90 Å². The molecule has 0 saturated carbocycles. The number of piperazine rings is 1. The Kier molecular flexibility index (Phi) is 7.10. The molecule has 0 N–H and O–H groups in total. The number of anilines is 1. The van der Waals surface area contributed by atoms with E-state index in [0.717, 1.165) is 44.6 Å². The zero-order chi connectivity index (χ0) is 22.6. The van der Waals surface area contributed by atoms with Gasteiger partial charge in [-0.25, -0.2) is 8.42 Å². The Labute approximate surface area is 187 Å². The molecule has 5 nitrogen and oxygen atoms in total. The summed E-state index contributed by atoms with van der Waals surface area (Å²) in [7, 11) is -3.16. The summed E-state index contributed by atoms with van der Waals surface area (Å²) in [5.74, 6) is 0.234. The van der Waals surface area contributed by atoms with Crippen LogP contribution >= 0.6 is 0 Å². The minimum absolute atomic E-state index is 0.0823. The lowest BCUT2D eigenvalue weighted by atomic mass is 10.0. The van der Waals surface area contributed by atoms with Gasteiger partial charge in [-0.1, -0.05) is 36.4 Å². The van der Waals surface area contributed by atoms with Gasteiger partial charge in [-0.05, 0) is 62.4 Å². The van der Waals surface area contributed by atoms with E-state index in [1.54, 1.807) is 27.7 Å². The van der Waals surface area contributed by atoms with Crippen molar-refractivity contribution in [1.82, 2.24) is 4.90 Å². The minimum atomic E-state index is -3.16. The van der Waals surface area contributed by atoms with Crippen LogP contribution in [0.25, 0.3) is 0 Å². The molecule has 1 saturated heterocycles. The van der Waals surface area contributed by atoms with Crippen molar-refractivity contribution in [3.8, 4) is 0 Å². The molecule has 6 heteroatoms. The van der Waals surface area contributed by atoms with Crippen LogP contribution in [0.15, 0.2) is 48.5 Å². The van der Waals surface area contributed by atoms with Crippen LogP contribution in [0, 0.1) is 0 Å². The molecule has 0 radical (unpaired) electrons. The third-order valence-corrected chi connectivity index (χ3v) is 8.62. The lowest BCUT2D eigenvalue weighted by molar-refractivity contribution is -0.129. The first kappa shape index (κ1) is 23.3. The Balaban J connectivity index is 1.52. The monoisotopic (exact) mass is 442 g/mol. The second-order valence-corrected chi connectivity index (χ2v) is 12.1. The van der Waals surface area contributed by atoms with E-state index in [0.29, 0.717) is 0 Å². The summed E-state index contributed by atoms with van der Waals surface area (Å²) in [5.41, 5.74) is 4.54. The van der Waals surface area contributed by atoms with E-state index in [4.69, 9.17) is 0 Å². The number of rotatable bonds is 6. The van der Waals surface area contributed by atoms with Gasteiger partial charge in [0.2, 0.25) is 5.91 Å². The standard InChI is InChI=1S/C25H34N2O3S/c1-20(28)26-15-17-27(18-16-26)24-13-11-22(12-14-24)6-5-21-7-9-23(10-8-21)19-31(29,30)25(2,3)4/h7-14H,5-6,15-19H2,1-4H3. The van der Waals surface area contributed by atoms with E-state index in [-0.39, 0.29) is 11.7 Å². The zero-order valence-corrected chi connectivity index (χ0v) is 19.9. The Bertz CT molecular complexity index is 983. The van der Waals surface area contributed by atoms with E-state index >= 15 is 0 Å². The van der Waals surface area contributed by atoms with Crippen molar-refractivity contribution in [2.45, 2.75) is 51.0 Å². The van der Waals surface area contributed by atoms with Gasteiger partial charge in [-0.3, -0.25) is 4.79 Å². The summed E-state index contributed by atoms with van der Waals surface area (Å²) in [6.45, 7) is 10.2. The van der Waals surface area contributed by atoms with Crippen molar-refractivity contribution in [1.29, 1.82) is 0 Å². The van der Waals surface area contributed by atoms with Crippen molar-refractivity contribution >= 4 is 21.4 Å². The highest BCUT2D eigenvalue weighted by Crippen LogP contribution is 2.22. The predicted molar refractivity (Wildman–Crippen MR) is 127 cm³/mol. The van der Waals surface area contributed by atoms with E-state index in [1.165, 1.54) is 16.8 Å². The maximum absolute atomic E-state index is 12.4. The maximum atomic E-state index is 12.4. The Morgan fingerprint density at radius 3 is 1.71 bits per heavy atom. The van der Waals surface area contributed by atoms with Crippen molar-refractivity contribution in [2.75, 3.05) is 31.1 Å². The van der Waals surface area contributed by atoms with E-state index < -0.39 is 14.6 Å². The van der Waals surface area contributed by atoms with Crippen LogP contribution in [0.2, 0.25) is 0 Å². The average Bonchev–Trinajstić information content (AvgIpc) is 2.73. The summed E-state index contributed by atoms with van der Waals surface area (Å²) in [4.78, 5) is 15.7. The van der Waals surface area contributed by atoms with Gasteiger partial charge < -0.3 is 9.80 Å². The van der Waals surface area contributed by atoms with Crippen molar-refractivity contribution in [3.05, 3.63) is 65.2 Å². The quantitative estimate of drug-likeness (QED) is 0.682. The number of carbonyl (C=O) groups excluding carboxylic acids is 1. The summed E-state index contributed by atoms with van der Waals surface area (Å²) in [6.07, 6.45) is 1.86. The third-order valence-electron chi connectivity index (χ3n) is 6.04. The fraction of sp³-hybridized carbons (Fsp3) is 0.480. The van der Waals surface area contributed by atoms with Crippen LogP contribution in [-0.4, -0.2) is 50.2 Å². The molecular weight excluding hydrogens is 408 g/mol. The van der Waals surface area contributed by atoms with Gasteiger partial charge in [0, 0.05) is 38.8 Å². The summed E-state index contributed by atoms with van der Waals surface area (Å²) >= 11 is 0. The first-order chi connectivity index (χ1) is 14.5. The second kappa shape index (κ2) is 9.43. The molecule has 1 heterocycles. The molecule has 1 aliphatic rings. The largest absolute Gasteiger partial charge is 0.368 e. The summed E-state index contributed by atoms with van der Waals surface area (Å²) in [6, 6.07) is 16.6. The topological polar surface area (TPSA) is 57.7 Å². The van der Waals surface area contributed by atoms with Crippen molar-refractivity contribution < 1.29 is 13.2 Å². The summed E-state index contributed by atoms with van der Waals surface area (Å²) < 4.78 is 24.0. The Morgan fingerprint density at radius 2 is 1.26 bits per heavy atom. The normalized spacial score (nSPS) is 15.2. The number of benzene rings is 2. The van der Waals surface area contributed by atoms with E-state index in [1.807, 2.05) is 29.2 Å². The fourth-order valence-corrected chi connectivity index (χ4v) is 4.74. The molecule has 0 spiro atoms. The lowest BCUT2D eigenvalue weighted by Crippen LogP contribution is -2.48. The van der Waals surface area contributed by atoms with Gasteiger partial charge in [-0.2, -0.15) is 0 Å². The first-order valence-corrected chi connectivity index (χ1v) is 12.6. The van der Waals surface area contributed by atoms with Gasteiger partial charge in [0.05, 0.1) is 10.5 Å². The number of sulfone groups is 1. The molecule has 0 bridgehead atoms. The van der Waals surface area contributed by atoms with Crippen molar-refractivity contribution in [2.24, 2.45) is 0 Å². The number of nitrogens with zero attached hydrogens (tertiary/aromatic N) is 2. The molecule has 1 aliphatic heterocycles. The second-order valence-electron chi connectivity index (χ2n) is 9.35. The molecule has 0 atom stereocenters. The van der Waals surface area contributed by atoms with Gasteiger partial charge in [0.25, 0.3) is 0 Å². The predicted octanol–water partition coefficient (Wildman–Crippen LogP) is 3.85. The Hall–Kier alpha value is -2.34. The van der Waals surface area contributed by atoms with Crippen LogP contribution in [0.4, 0.5) is 5.69 Å². The molecule has 0 aliphatic carbocycles. The molecule has 0 unspecified atom stereocenters. The molecular formula is C25H34N2O3S. The van der Waals surface area contributed by atoms with Gasteiger partial charge in [0.1, 0.15) is 0 Å².